The topological polar surface area (TPSA) is 46.3 Å². The van der Waals surface area contributed by atoms with Crippen molar-refractivity contribution in [2.75, 3.05) is 6.54 Å². The highest BCUT2D eigenvalue weighted by molar-refractivity contribution is 5.85. The maximum absolute atomic E-state index is 13.4. The molecule has 2 aliphatic carbocycles. The Labute approximate surface area is 176 Å². The van der Waals surface area contributed by atoms with Gasteiger partial charge in [0.05, 0.1) is 11.6 Å². The van der Waals surface area contributed by atoms with Crippen LogP contribution in [0.15, 0.2) is 24.3 Å². The SMILES string of the molecule is Cl.NC1C2CCCC1CC(C(=O)N1CCCCC1c1ccc(C(F)(F)F)cc1)C2. The molecule has 162 valence electrons. The van der Waals surface area contributed by atoms with Gasteiger partial charge in [-0.25, -0.2) is 0 Å². The molecule has 29 heavy (non-hydrogen) atoms. The number of carbonyl (C=O) groups is 1. The maximum atomic E-state index is 13.4. The van der Waals surface area contributed by atoms with Crippen LogP contribution in [0.4, 0.5) is 13.2 Å². The molecule has 1 aliphatic heterocycles. The molecule has 3 aliphatic rings. The summed E-state index contributed by atoms with van der Waals surface area (Å²) in [6, 6.07) is 5.48. The summed E-state index contributed by atoms with van der Waals surface area (Å²) >= 11 is 0. The molecular weight excluding hydrogens is 401 g/mol. The number of amides is 1. The Hall–Kier alpha value is -1.27. The predicted molar refractivity (Wildman–Crippen MR) is 109 cm³/mol. The van der Waals surface area contributed by atoms with Crippen molar-refractivity contribution in [2.45, 2.75) is 69.6 Å². The Morgan fingerprint density at radius 1 is 0.966 bits per heavy atom. The van der Waals surface area contributed by atoms with Gasteiger partial charge < -0.3 is 10.6 Å². The Kier molecular flexibility index (Phi) is 6.84. The number of halogens is 4. The lowest BCUT2D eigenvalue weighted by Crippen LogP contribution is -2.50. The van der Waals surface area contributed by atoms with Gasteiger partial charge in [0.2, 0.25) is 5.91 Å². The summed E-state index contributed by atoms with van der Waals surface area (Å²) < 4.78 is 38.6. The largest absolute Gasteiger partial charge is 0.416 e. The van der Waals surface area contributed by atoms with Gasteiger partial charge in [-0.1, -0.05) is 18.6 Å². The van der Waals surface area contributed by atoms with Crippen molar-refractivity contribution < 1.29 is 18.0 Å². The first-order valence-corrected chi connectivity index (χ1v) is 10.6. The number of hydrogen-bond donors (Lipinski definition) is 1. The van der Waals surface area contributed by atoms with Gasteiger partial charge in [0.25, 0.3) is 0 Å². The minimum atomic E-state index is -4.33. The van der Waals surface area contributed by atoms with E-state index in [9.17, 15) is 18.0 Å². The number of nitrogens with two attached hydrogens (primary N) is 1. The van der Waals surface area contributed by atoms with Crippen molar-refractivity contribution in [3.05, 3.63) is 35.4 Å². The average Bonchev–Trinajstić information content (AvgIpc) is 2.67. The van der Waals surface area contributed by atoms with Gasteiger partial charge in [-0.3, -0.25) is 4.79 Å². The van der Waals surface area contributed by atoms with E-state index < -0.39 is 11.7 Å². The number of nitrogens with zero attached hydrogens (tertiary/aromatic N) is 1. The molecule has 3 nitrogen and oxygen atoms in total. The van der Waals surface area contributed by atoms with Gasteiger partial charge in [-0.2, -0.15) is 13.2 Å². The van der Waals surface area contributed by atoms with Crippen LogP contribution in [0.25, 0.3) is 0 Å². The van der Waals surface area contributed by atoms with Gasteiger partial charge in [0.15, 0.2) is 0 Å². The Balaban J connectivity index is 0.00000240. The molecule has 2 saturated carbocycles. The van der Waals surface area contributed by atoms with Gasteiger partial charge >= 0.3 is 6.18 Å². The van der Waals surface area contributed by atoms with Crippen LogP contribution in [-0.4, -0.2) is 23.4 Å². The molecule has 1 amide bonds. The van der Waals surface area contributed by atoms with Crippen LogP contribution >= 0.6 is 12.4 Å². The first-order chi connectivity index (χ1) is 13.3. The molecule has 1 heterocycles. The van der Waals surface area contributed by atoms with E-state index in [1.54, 1.807) is 12.1 Å². The number of piperidine rings is 1. The first kappa shape index (κ1) is 22.4. The highest BCUT2D eigenvalue weighted by Gasteiger charge is 2.43. The van der Waals surface area contributed by atoms with Crippen molar-refractivity contribution in [2.24, 2.45) is 23.5 Å². The number of carbonyl (C=O) groups excluding carboxylic acids is 1. The second kappa shape index (κ2) is 8.84. The third-order valence-corrected chi connectivity index (χ3v) is 7.17. The lowest BCUT2D eigenvalue weighted by molar-refractivity contribution is -0.143. The van der Waals surface area contributed by atoms with Crippen molar-refractivity contribution in [3.8, 4) is 0 Å². The summed E-state index contributed by atoms with van der Waals surface area (Å²) in [5.74, 6) is 1.09. The van der Waals surface area contributed by atoms with E-state index in [2.05, 4.69) is 0 Å². The summed E-state index contributed by atoms with van der Waals surface area (Å²) in [6.45, 7) is 0.697. The van der Waals surface area contributed by atoms with Crippen LogP contribution in [-0.2, 0) is 11.0 Å². The van der Waals surface area contributed by atoms with Crippen LogP contribution in [0.3, 0.4) is 0 Å². The number of benzene rings is 1. The summed E-state index contributed by atoms with van der Waals surface area (Å²) in [5.41, 5.74) is 6.55. The third kappa shape index (κ3) is 4.58. The van der Waals surface area contributed by atoms with Gasteiger partial charge in [-0.15, -0.1) is 12.4 Å². The number of hydrogen-bond acceptors (Lipinski definition) is 2. The molecule has 7 heteroatoms. The molecule has 3 atom stereocenters. The number of rotatable bonds is 2. The molecule has 1 saturated heterocycles. The summed E-state index contributed by atoms with van der Waals surface area (Å²) in [5, 5.41) is 0. The van der Waals surface area contributed by atoms with Crippen LogP contribution in [0, 0.1) is 17.8 Å². The normalized spacial score (nSPS) is 32.4. The van der Waals surface area contributed by atoms with Crippen LogP contribution in [0.1, 0.15) is 68.5 Å². The molecule has 3 unspecified atom stereocenters. The van der Waals surface area contributed by atoms with E-state index in [1.165, 1.54) is 6.42 Å². The van der Waals surface area contributed by atoms with Gasteiger partial charge in [-0.05, 0) is 74.5 Å². The minimum absolute atomic E-state index is 0. The Morgan fingerprint density at radius 2 is 1.59 bits per heavy atom. The molecular formula is C22H30ClF3N2O. The van der Waals surface area contributed by atoms with Crippen molar-refractivity contribution in [1.82, 2.24) is 4.90 Å². The average molecular weight is 431 g/mol. The van der Waals surface area contributed by atoms with E-state index in [4.69, 9.17) is 5.73 Å². The highest BCUT2D eigenvalue weighted by atomic mass is 35.5. The lowest BCUT2D eigenvalue weighted by Gasteiger charge is -2.46. The second-order valence-electron chi connectivity index (χ2n) is 8.86. The second-order valence-corrected chi connectivity index (χ2v) is 8.86. The smallest absolute Gasteiger partial charge is 0.335 e. The van der Waals surface area contributed by atoms with E-state index in [1.807, 2.05) is 4.90 Å². The van der Waals surface area contributed by atoms with Crippen LogP contribution < -0.4 is 5.73 Å². The molecule has 0 spiro atoms. The number of likely N-dealkylation sites (tertiary alicyclic amines) is 1. The van der Waals surface area contributed by atoms with Crippen molar-refractivity contribution in [3.63, 3.8) is 0 Å². The molecule has 1 aromatic rings. The molecule has 0 radical (unpaired) electrons. The van der Waals surface area contributed by atoms with Crippen molar-refractivity contribution >= 4 is 18.3 Å². The van der Waals surface area contributed by atoms with E-state index in [0.717, 1.165) is 62.6 Å². The van der Waals surface area contributed by atoms with Crippen LogP contribution in [0.5, 0.6) is 0 Å². The number of fused-ring (bicyclic) bond motifs is 2. The van der Waals surface area contributed by atoms with Gasteiger partial charge in [0.1, 0.15) is 0 Å². The Bertz CT molecular complexity index is 695. The predicted octanol–water partition coefficient (Wildman–Crippen LogP) is 5.33. The fraction of sp³-hybridized carbons (Fsp3) is 0.682. The van der Waals surface area contributed by atoms with Gasteiger partial charge in [0, 0.05) is 18.5 Å². The first-order valence-electron chi connectivity index (χ1n) is 10.6. The fourth-order valence-corrected chi connectivity index (χ4v) is 5.66. The van der Waals surface area contributed by atoms with Crippen LogP contribution in [0.2, 0.25) is 0 Å². The standard InChI is InChI=1S/C22H29F3N2O.ClH/c23-22(24,25)18-9-7-14(8-10-18)19-6-1-2-11-27(19)21(28)17-12-15-4-3-5-16(13-17)20(15)26;/h7-10,15-17,19-20H,1-6,11-13,26H2;1H. The maximum Gasteiger partial charge on any atom is 0.416 e. The molecule has 2 bridgehead atoms. The van der Waals surface area contributed by atoms with E-state index in [-0.39, 0.29) is 36.3 Å². The molecule has 4 rings (SSSR count). The molecule has 1 aromatic carbocycles. The lowest BCUT2D eigenvalue weighted by atomic mass is 9.64. The third-order valence-electron chi connectivity index (χ3n) is 7.17. The molecule has 2 N–H and O–H groups in total. The molecule has 3 fully saturated rings. The highest BCUT2D eigenvalue weighted by Crippen LogP contribution is 2.44. The van der Waals surface area contributed by atoms with E-state index >= 15 is 0 Å². The molecule has 0 aromatic heterocycles. The summed E-state index contributed by atoms with van der Waals surface area (Å²) in [4.78, 5) is 15.4. The van der Waals surface area contributed by atoms with Crippen molar-refractivity contribution in [1.29, 1.82) is 0 Å². The summed E-state index contributed by atoms with van der Waals surface area (Å²) in [6.07, 6.45) is 3.61. The Morgan fingerprint density at radius 3 is 2.17 bits per heavy atom. The number of alkyl halides is 3. The fourth-order valence-electron chi connectivity index (χ4n) is 5.66. The zero-order valence-corrected chi connectivity index (χ0v) is 17.4. The summed E-state index contributed by atoms with van der Waals surface area (Å²) in [7, 11) is 0. The van der Waals surface area contributed by atoms with E-state index in [0.29, 0.717) is 18.4 Å². The zero-order chi connectivity index (χ0) is 19.9. The zero-order valence-electron chi connectivity index (χ0n) is 16.5. The minimum Gasteiger partial charge on any atom is -0.335 e. The monoisotopic (exact) mass is 430 g/mol. The quantitative estimate of drug-likeness (QED) is 0.688.